The summed E-state index contributed by atoms with van der Waals surface area (Å²) in [4.78, 5) is 0. The van der Waals surface area contributed by atoms with E-state index >= 15 is 0 Å². The lowest BCUT2D eigenvalue weighted by atomic mass is 9.80. The fourth-order valence-electron chi connectivity index (χ4n) is 2.10. The number of methoxy groups -OCH3 is 1. The smallest absolute Gasteiger partial charge is 0.462 e. The lowest BCUT2D eigenvalue weighted by molar-refractivity contribution is 0.00578. The Morgan fingerprint density at radius 2 is 1.74 bits per heavy atom. The van der Waals surface area contributed by atoms with Crippen LogP contribution in [0.5, 0.6) is 5.75 Å². The molecule has 0 spiro atoms. The number of halogens is 1. The Balaban J connectivity index is 2.16. The van der Waals surface area contributed by atoms with E-state index in [-0.39, 0.29) is 18.3 Å². The van der Waals surface area contributed by atoms with Crippen LogP contribution in [0.25, 0.3) is 0 Å². The predicted molar refractivity (Wildman–Crippen MR) is 77.8 cm³/mol. The molecule has 1 aliphatic rings. The van der Waals surface area contributed by atoms with Crippen molar-refractivity contribution in [2.75, 3.05) is 7.11 Å². The first-order valence-electron chi connectivity index (χ1n) is 6.44. The van der Waals surface area contributed by atoms with E-state index in [1.165, 1.54) is 0 Å². The zero-order valence-corrected chi connectivity index (χ0v) is 12.9. The second-order valence-electron chi connectivity index (χ2n) is 5.82. The summed E-state index contributed by atoms with van der Waals surface area (Å²) in [5, 5.41) is 0.625. The van der Waals surface area contributed by atoms with Crippen molar-refractivity contribution in [3.63, 3.8) is 0 Å². The molecule has 104 valence electrons. The van der Waals surface area contributed by atoms with Crippen LogP contribution in [-0.4, -0.2) is 25.4 Å². The average Bonchev–Trinajstić information content (AvgIpc) is 2.50. The normalized spacial score (nSPS) is 20.6. The molecule has 5 heteroatoms. The van der Waals surface area contributed by atoms with Gasteiger partial charge in [-0.05, 0) is 39.3 Å². The lowest BCUT2D eigenvalue weighted by Gasteiger charge is -2.32. The molecule has 0 amide bonds. The van der Waals surface area contributed by atoms with E-state index in [1.807, 2.05) is 45.9 Å². The lowest BCUT2D eigenvalue weighted by Crippen LogP contribution is -2.41. The maximum Gasteiger partial charge on any atom is 0.462 e. The maximum atomic E-state index is 6.29. The molecule has 3 nitrogen and oxygen atoms in total. The Bertz CT molecular complexity index is 458. The third kappa shape index (κ3) is 2.76. The van der Waals surface area contributed by atoms with Crippen LogP contribution in [0.4, 0.5) is 0 Å². The first kappa shape index (κ1) is 14.7. The number of rotatable bonds is 3. The molecule has 0 atom stereocenters. The highest BCUT2D eigenvalue weighted by Gasteiger charge is 2.50. The molecule has 0 radical (unpaired) electrons. The third-order valence-corrected chi connectivity index (χ3v) is 4.38. The van der Waals surface area contributed by atoms with Gasteiger partial charge < -0.3 is 14.0 Å². The fraction of sp³-hybridized carbons (Fsp3) is 0.571. The summed E-state index contributed by atoms with van der Waals surface area (Å²) >= 11 is 6.29. The highest BCUT2D eigenvalue weighted by atomic mass is 35.5. The van der Waals surface area contributed by atoms with E-state index < -0.39 is 0 Å². The number of hydrogen-bond acceptors (Lipinski definition) is 3. The van der Waals surface area contributed by atoms with E-state index in [2.05, 4.69) is 0 Å². The van der Waals surface area contributed by atoms with Gasteiger partial charge in [0.05, 0.1) is 23.3 Å². The van der Waals surface area contributed by atoms with E-state index in [0.717, 1.165) is 5.56 Å². The van der Waals surface area contributed by atoms with Gasteiger partial charge in [-0.25, -0.2) is 0 Å². The summed E-state index contributed by atoms with van der Waals surface area (Å²) < 4.78 is 17.2. The molecule has 1 aliphatic heterocycles. The van der Waals surface area contributed by atoms with Crippen molar-refractivity contribution in [1.29, 1.82) is 0 Å². The molecular weight excluding hydrogens is 262 g/mol. The van der Waals surface area contributed by atoms with Gasteiger partial charge in [0, 0.05) is 6.32 Å². The summed E-state index contributed by atoms with van der Waals surface area (Å²) in [6, 6.07) is 5.73. The first-order chi connectivity index (χ1) is 8.77. The van der Waals surface area contributed by atoms with Crippen molar-refractivity contribution in [2.45, 2.75) is 45.2 Å². The minimum absolute atomic E-state index is 0.283. The van der Waals surface area contributed by atoms with Crippen molar-refractivity contribution in [1.82, 2.24) is 0 Å². The average molecular weight is 283 g/mol. The second kappa shape index (κ2) is 5.00. The molecule has 19 heavy (non-hydrogen) atoms. The van der Waals surface area contributed by atoms with Gasteiger partial charge in [0.1, 0.15) is 5.75 Å². The van der Waals surface area contributed by atoms with Crippen LogP contribution in [-0.2, 0) is 15.6 Å². The van der Waals surface area contributed by atoms with Crippen LogP contribution >= 0.6 is 11.6 Å². The van der Waals surface area contributed by atoms with Gasteiger partial charge in [0.2, 0.25) is 0 Å². The maximum absolute atomic E-state index is 6.29. The van der Waals surface area contributed by atoms with Crippen LogP contribution in [0, 0.1) is 0 Å². The van der Waals surface area contributed by atoms with E-state index in [1.54, 1.807) is 7.11 Å². The van der Waals surface area contributed by atoms with Gasteiger partial charge in [0.25, 0.3) is 0 Å². The van der Waals surface area contributed by atoms with Gasteiger partial charge in [-0.1, -0.05) is 23.7 Å². The van der Waals surface area contributed by atoms with Crippen LogP contribution in [0.3, 0.4) is 0 Å². The van der Waals surface area contributed by atoms with Crippen molar-refractivity contribution < 1.29 is 14.0 Å². The van der Waals surface area contributed by atoms with Gasteiger partial charge in [-0.3, -0.25) is 0 Å². The Kier molecular flexibility index (Phi) is 3.87. The summed E-state index contributed by atoms with van der Waals surface area (Å²) in [5.41, 5.74) is 0.339. The number of ether oxygens (including phenoxy) is 1. The van der Waals surface area contributed by atoms with Crippen molar-refractivity contribution >= 4 is 18.7 Å². The Morgan fingerprint density at radius 1 is 1.16 bits per heavy atom. The zero-order chi connectivity index (χ0) is 14.3. The summed E-state index contributed by atoms with van der Waals surface area (Å²) in [7, 11) is 1.33. The molecule has 0 N–H and O–H groups in total. The summed E-state index contributed by atoms with van der Waals surface area (Å²) in [6.07, 6.45) is 0.614. The third-order valence-electron chi connectivity index (χ3n) is 3.95. The fourth-order valence-corrected chi connectivity index (χ4v) is 2.38. The van der Waals surface area contributed by atoms with Gasteiger partial charge in [0.15, 0.2) is 0 Å². The largest absolute Gasteiger partial charge is 0.495 e. The van der Waals surface area contributed by atoms with Crippen LogP contribution in [0.15, 0.2) is 18.2 Å². The summed E-state index contributed by atoms with van der Waals surface area (Å²) in [5.74, 6) is 0.677. The first-order valence-corrected chi connectivity index (χ1v) is 6.81. The van der Waals surface area contributed by atoms with Gasteiger partial charge in [-0.15, -0.1) is 0 Å². The van der Waals surface area contributed by atoms with E-state index in [4.69, 9.17) is 25.6 Å². The minimum atomic E-state index is -0.316. The molecule has 0 unspecified atom stereocenters. The topological polar surface area (TPSA) is 27.7 Å². The monoisotopic (exact) mass is 282 g/mol. The molecule has 1 fully saturated rings. The highest BCUT2D eigenvalue weighted by molar-refractivity contribution is 6.45. The Labute approximate surface area is 120 Å². The zero-order valence-electron chi connectivity index (χ0n) is 12.1. The van der Waals surface area contributed by atoms with Crippen LogP contribution in [0.2, 0.25) is 5.02 Å². The van der Waals surface area contributed by atoms with Crippen molar-refractivity contribution in [2.24, 2.45) is 0 Å². The molecular formula is C14H20BClO3. The standard InChI is InChI=1S/C14H20BClO3/c1-13(2)14(3,4)19-15(18-13)9-10-7-6-8-11(17-5)12(10)16/h6-8H,9H2,1-5H3. The Hall–Kier alpha value is -0.705. The van der Waals surface area contributed by atoms with Gasteiger partial charge >= 0.3 is 7.12 Å². The molecule has 1 saturated heterocycles. The molecule has 0 saturated carbocycles. The SMILES string of the molecule is COc1cccc(CB2OC(C)(C)C(C)(C)O2)c1Cl. The number of hydrogen-bond donors (Lipinski definition) is 0. The molecule has 0 aliphatic carbocycles. The summed E-state index contributed by atoms with van der Waals surface area (Å²) in [6.45, 7) is 8.17. The molecule has 0 bridgehead atoms. The predicted octanol–water partition coefficient (Wildman–Crippen LogP) is 3.52. The Morgan fingerprint density at radius 3 is 2.26 bits per heavy atom. The number of benzene rings is 1. The molecule has 2 rings (SSSR count). The molecule has 1 aromatic rings. The van der Waals surface area contributed by atoms with Crippen LogP contribution < -0.4 is 4.74 Å². The molecule has 1 aromatic carbocycles. The van der Waals surface area contributed by atoms with Crippen LogP contribution in [0.1, 0.15) is 33.3 Å². The quantitative estimate of drug-likeness (QED) is 0.794. The van der Waals surface area contributed by atoms with Gasteiger partial charge in [-0.2, -0.15) is 0 Å². The molecule has 1 heterocycles. The van der Waals surface area contributed by atoms with Crippen molar-refractivity contribution in [3.8, 4) is 5.75 Å². The second-order valence-corrected chi connectivity index (χ2v) is 6.20. The molecule has 0 aromatic heterocycles. The van der Waals surface area contributed by atoms with E-state index in [0.29, 0.717) is 17.1 Å². The highest BCUT2D eigenvalue weighted by Crippen LogP contribution is 2.38. The minimum Gasteiger partial charge on any atom is -0.495 e. The van der Waals surface area contributed by atoms with Crippen molar-refractivity contribution in [3.05, 3.63) is 28.8 Å². The van der Waals surface area contributed by atoms with E-state index in [9.17, 15) is 0 Å².